The summed E-state index contributed by atoms with van der Waals surface area (Å²) in [7, 11) is 0. The quantitative estimate of drug-likeness (QED) is 0.430. The Morgan fingerprint density at radius 1 is 0.774 bits per heavy atom. The van der Waals surface area contributed by atoms with Gasteiger partial charge in [0.25, 0.3) is 0 Å². The molecule has 2 atom stereocenters. The molecule has 3 aromatic carbocycles. The van der Waals surface area contributed by atoms with Crippen molar-refractivity contribution in [2.75, 3.05) is 0 Å². The van der Waals surface area contributed by atoms with Crippen molar-refractivity contribution in [3.05, 3.63) is 137 Å². The Kier molecular flexibility index (Phi) is 4.67. The maximum absolute atomic E-state index is 15.4. The molecule has 1 aliphatic carbocycles. The van der Waals surface area contributed by atoms with Crippen LogP contribution in [0.1, 0.15) is 46.3 Å². The number of nitrogens with zero attached hydrogens (tertiary/aromatic N) is 1. The zero-order valence-electron chi connectivity index (χ0n) is 16.7. The van der Waals surface area contributed by atoms with Crippen molar-refractivity contribution in [3.63, 3.8) is 0 Å². The molecule has 31 heavy (non-hydrogen) atoms. The summed E-state index contributed by atoms with van der Waals surface area (Å²) in [4.78, 5) is 0. The number of rotatable bonds is 2. The lowest BCUT2D eigenvalue weighted by atomic mass is 9.53. The maximum atomic E-state index is 15.4. The minimum Gasteiger partial charge on any atom is -1.00 e. The van der Waals surface area contributed by atoms with Crippen LogP contribution in [0.4, 0.5) is 8.78 Å². The van der Waals surface area contributed by atoms with Crippen LogP contribution in [0.2, 0.25) is 0 Å². The molecule has 0 N–H and O–H groups in total. The van der Waals surface area contributed by atoms with Gasteiger partial charge >= 0.3 is 0 Å². The molecule has 2 bridgehead atoms. The summed E-state index contributed by atoms with van der Waals surface area (Å²) < 4.78 is 31.9. The summed E-state index contributed by atoms with van der Waals surface area (Å²) in [6, 6.07) is 29.3. The Bertz CT molecular complexity index is 1220. The Morgan fingerprint density at radius 3 is 2.03 bits per heavy atom. The number of hydrogen-bond donors (Lipinski definition) is 0. The summed E-state index contributed by atoms with van der Waals surface area (Å²) in [6.07, 6.45) is 2.79. The van der Waals surface area contributed by atoms with Crippen molar-refractivity contribution in [1.29, 1.82) is 0 Å². The molecule has 154 valence electrons. The van der Waals surface area contributed by atoms with E-state index in [1.54, 1.807) is 0 Å². The Morgan fingerprint density at radius 2 is 1.39 bits per heavy atom. The summed E-state index contributed by atoms with van der Waals surface area (Å²) in [5.41, 5.74) is 4.36. The molecule has 2 unspecified atom stereocenters. The van der Waals surface area contributed by atoms with E-state index in [-0.39, 0.29) is 24.4 Å². The Balaban J connectivity index is 0.00000204. The van der Waals surface area contributed by atoms with Crippen LogP contribution >= 0.6 is 0 Å². The van der Waals surface area contributed by atoms with Gasteiger partial charge in [0.1, 0.15) is 11.6 Å². The highest BCUT2D eigenvalue weighted by Gasteiger charge is 2.60. The molecule has 1 nitrogen and oxygen atoms in total. The van der Waals surface area contributed by atoms with Crippen LogP contribution in [0.5, 0.6) is 0 Å². The van der Waals surface area contributed by atoms with Gasteiger partial charge in [-0.25, -0.2) is 8.78 Å². The van der Waals surface area contributed by atoms with Crippen LogP contribution in [0.3, 0.4) is 0 Å². The van der Waals surface area contributed by atoms with Crippen LogP contribution in [-0.2, 0) is 5.41 Å². The minimum absolute atomic E-state index is 0. The highest BCUT2D eigenvalue weighted by molar-refractivity contribution is 5.55. The van der Waals surface area contributed by atoms with Crippen LogP contribution in [0, 0.1) is 11.6 Å². The lowest BCUT2D eigenvalue weighted by Gasteiger charge is -2.50. The fourth-order valence-electron chi connectivity index (χ4n) is 5.82. The Hall–Kier alpha value is -3.04. The SMILES string of the molecule is Fc1cc(F)c2c(c1)C1CC(c3ccccc3)(c3ccccc3)C2c2cccc[n+]21.[Cl-]. The topological polar surface area (TPSA) is 3.88 Å². The lowest BCUT2D eigenvalue weighted by molar-refractivity contribution is -0.732. The van der Waals surface area contributed by atoms with E-state index < -0.39 is 17.0 Å². The van der Waals surface area contributed by atoms with E-state index in [2.05, 4.69) is 34.9 Å². The first kappa shape index (κ1) is 19.9. The summed E-state index contributed by atoms with van der Waals surface area (Å²) in [5.74, 6) is -1.21. The smallest absolute Gasteiger partial charge is 0.190 e. The third-order valence-corrected chi connectivity index (χ3v) is 6.91. The average Bonchev–Trinajstić information content (AvgIpc) is 2.80. The van der Waals surface area contributed by atoms with E-state index >= 15 is 4.39 Å². The van der Waals surface area contributed by atoms with Gasteiger partial charge in [-0.15, -0.1) is 0 Å². The highest BCUT2D eigenvalue weighted by Crippen LogP contribution is 2.59. The van der Waals surface area contributed by atoms with E-state index in [0.29, 0.717) is 5.56 Å². The first-order valence-corrected chi connectivity index (χ1v) is 10.3. The monoisotopic (exact) mass is 431 g/mol. The summed E-state index contributed by atoms with van der Waals surface area (Å²) >= 11 is 0. The second kappa shape index (κ2) is 7.28. The average molecular weight is 432 g/mol. The van der Waals surface area contributed by atoms with E-state index in [0.717, 1.165) is 34.9 Å². The van der Waals surface area contributed by atoms with Crippen molar-refractivity contribution in [2.24, 2.45) is 0 Å². The molecule has 0 spiro atoms. The van der Waals surface area contributed by atoms with Gasteiger partial charge in [0.15, 0.2) is 17.9 Å². The van der Waals surface area contributed by atoms with Gasteiger partial charge in [-0.2, -0.15) is 4.57 Å². The van der Waals surface area contributed by atoms with Gasteiger partial charge in [-0.3, -0.25) is 0 Å². The van der Waals surface area contributed by atoms with Crippen LogP contribution < -0.4 is 17.0 Å². The standard InChI is InChI=1S/C27H20F2N.ClH/c28-20-15-21-24-17-27(18-9-3-1-4-10-18,19-11-5-2-6-12-19)26(25(21)22(29)16-20)23-13-7-8-14-30(23)24;/h1-16,24,26H,17H2;1H/q+1;/p-1. The third kappa shape index (κ3) is 2.69. The summed E-state index contributed by atoms with van der Waals surface area (Å²) in [6.45, 7) is 0. The van der Waals surface area contributed by atoms with Crippen LogP contribution in [0.15, 0.2) is 97.2 Å². The number of benzene rings is 3. The zero-order valence-corrected chi connectivity index (χ0v) is 17.4. The number of pyridine rings is 1. The second-order valence-corrected chi connectivity index (χ2v) is 8.28. The molecule has 0 saturated carbocycles. The molecule has 0 fully saturated rings. The Labute approximate surface area is 186 Å². The number of hydrogen-bond acceptors (Lipinski definition) is 0. The maximum Gasteiger partial charge on any atom is 0.190 e. The number of fused-ring (bicyclic) bond motifs is 1. The van der Waals surface area contributed by atoms with Crippen molar-refractivity contribution in [1.82, 2.24) is 0 Å². The fraction of sp³-hybridized carbons (Fsp3) is 0.148. The summed E-state index contributed by atoms with van der Waals surface area (Å²) in [5, 5.41) is 0. The first-order chi connectivity index (χ1) is 14.7. The number of halogens is 3. The van der Waals surface area contributed by atoms with Gasteiger partial charge in [-0.1, -0.05) is 66.7 Å². The second-order valence-electron chi connectivity index (χ2n) is 8.28. The molecule has 3 heterocycles. The number of aromatic nitrogens is 1. The molecular weight excluding hydrogens is 412 g/mol. The van der Waals surface area contributed by atoms with Crippen molar-refractivity contribution >= 4 is 0 Å². The van der Waals surface area contributed by atoms with Crippen LogP contribution in [-0.4, -0.2) is 0 Å². The molecule has 7 rings (SSSR count). The van der Waals surface area contributed by atoms with Gasteiger partial charge in [-0.05, 0) is 17.2 Å². The molecule has 4 aromatic rings. The molecule has 4 heteroatoms. The molecule has 0 saturated heterocycles. The van der Waals surface area contributed by atoms with Crippen molar-refractivity contribution < 1.29 is 25.8 Å². The van der Waals surface area contributed by atoms with Gasteiger partial charge in [0.05, 0.1) is 5.92 Å². The minimum atomic E-state index is -0.512. The molecule has 2 aliphatic heterocycles. The first-order valence-electron chi connectivity index (χ1n) is 10.3. The molecule has 0 radical (unpaired) electrons. The van der Waals surface area contributed by atoms with E-state index in [9.17, 15) is 4.39 Å². The van der Waals surface area contributed by atoms with Gasteiger partial charge in [0.2, 0.25) is 0 Å². The highest BCUT2D eigenvalue weighted by atomic mass is 35.5. The molecule has 1 aromatic heterocycles. The molecular formula is C27H20ClF2N. The zero-order chi connectivity index (χ0) is 20.3. The van der Waals surface area contributed by atoms with Crippen molar-refractivity contribution in [3.8, 4) is 0 Å². The lowest BCUT2D eigenvalue weighted by Crippen LogP contribution is -3.00. The predicted octanol–water partition coefficient (Wildman–Crippen LogP) is 2.68. The third-order valence-electron chi connectivity index (χ3n) is 6.91. The van der Waals surface area contributed by atoms with Crippen LogP contribution in [0.25, 0.3) is 0 Å². The molecule has 0 amide bonds. The van der Waals surface area contributed by atoms with Gasteiger partial charge in [0, 0.05) is 41.2 Å². The predicted molar refractivity (Wildman–Crippen MR) is 111 cm³/mol. The van der Waals surface area contributed by atoms with Gasteiger partial charge < -0.3 is 12.4 Å². The van der Waals surface area contributed by atoms with E-state index in [1.807, 2.05) is 54.7 Å². The largest absolute Gasteiger partial charge is 1.00 e. The normalized spacial score (nSPS) is 19.8. The van der Waals surface area contributed by atoms with E-state index in [4.69, 9.17) is 0 Å². The van der Waals surface area contributed by atoms with Crippen molar-refractivity contribution in [2.45, 2.75) is 23.8 Å². The molecule has 3 aliphatic rings. The fourth-order valence-corrected chi connectivity index (χ4v) is 5.82. The van der Waals surface area contributed by atoms with E-state index in [1.165, 1.54) is 6.07 Å².